The van der Waals surface area contributed by atoms with E-state index in [0.29, 0.717) is 12.8 Å². The lowest BCUT2D eigenvalue weighted by molar-refractivity contribution is -0.121. The van der Waals surface area contributed by atoms with Crippen LogP contribution in [0.3, 0.4) is 0 Å². The molecule has 0 saturated heterocycles. The molecule has 20 heavy (non-hydrogen) atoms. The Hall–Kier alpha value is -2.28. The first-order valence-corrected chi connectivity index (χ1v) is 6.20. The minimum Gasteiger partial charge on any atom is -0.302 e. The van der Waals surface area contributed by atoms with Gasteiger partial charge in [0.2, 0.25) is 5.91 Å². The third-order valence-corrected chi connectivity index (χ3v) is 3.14. The summed E-state index contributed by atoms with van der Waals surface area (Å²) in [4.78, 5) is 35.6. The SMILES string of the molecule is NNC(=O)CCCCN1C(=O)C(=O)c2cccc(F)c21. The van der Waals surface area contributed by atoms with Gasteiger partial charge in [0.1, 0.15) is 5.82 Å². The van der Waals surface area contributed by atoms with Crippen molar-refractivity contribution in [1.82, 2.24) is 5.43 Å². The standard InChI is InChI=1S/C13H14FN3O3/c14-9-5-3-4-8-11(9)17(13(20)12(8)19)7-2-1-6-10(18)16-15/h3-5H,1-2,6-7,15H2,(H,16,18). The van der Waals surface area contributed by atoms with Gasteiger partial charge >= 0.3 is 0 Å². The van der Waals surface area contributed by atoms with E-state index in [0.717, 1.165) is 4.90 Å². The molecule has 2 rings (SSSR count). The van der Waals surface area contributed by atoms with Crippen LogP contribution >= 0.6 is 0 Å². The minimum absolute atomic E-state index is 0.0331. The van der Waals surface area contributed by atoms with Crippen molar-refractivity contribution in [3.8, 4) is 0 Å². The number of benzene rings is 1. The zero-order chi connectivity index (χ0) is 14.7. The van der Waals surface area contributed by atoms with Gasteiger partial charge < -0.3 is 4.90 Å². The van der Waals surface area contributed by atoms with Gasteiger partial charge in [-0.3, -0.25) is 19.8 Å². The van der Waals surface area contributed by atoms with Crippen molar-refractivity contribution in [3.05, 3.63) is 29.6 Å². The first kappa shape index (κ1) is 14.1. The lowest BCUT2D eigenvalue weighted by Gasteiger charge is -2.16. The summed E-state index contributed by atoms with van der Waals surface area (Å²) in [5.74, 6) is 2.62. The number of nitrogens with zero attached hydrogens (tertiary/aromatic N) is 1. The fourth-order valence-electron chi connectivity index (χ4n) is 2.15. The predicted octanol–water partition coefficient (Wildman–Crippen LogP) is 0.515. The number of anilines is 1. The maximum Gasteiger partial charge on any atom is 0.299 e. The van der Waals surface area contributed by atoms with Crippen molar-refractivity contribution in [2.75, 3.05) is 11.4 Å². The molecule has 0 saturated carbocycles. The Morgan fingerprint density at radius 1 is 1.30 bits per heavy atom. The van der Waals surface area contributed by atoms with Gasteiger partial charge in [-0.25, -0.2) is 10.2 Å². The number of carbonyl (C=O) groups excluding carboxylic acids is 3. The van der Waals surface area contributed by atoms with E-state index in [1.54, 1.807) is 0 Å². The second kappa shape index (κ2) is 5.79. The molecule has 3 N–H and O–H groups in total. The van der Waals surface area contributed by atoms with Gasteiger partial charge in [0.05, 0.1) is 11.3 Å². The molecule has 2 amide bonds. The molecular weight excluding hydrogens is 265 g/mol. The molecule has 0 atom stereocenters. The zero-order valence-corrected chi connectivity index (χ0v) is 10.7. The van der Waals surface area contributed by atoms with Gasteiger partial charge in [-0.2, -0.15) is 0 Å². The molecule has 0 aliphatic carbocycles. The first-order chi connectivity index (χ1) is 9.56. The van der Waals surface area contributed by atoms with Gasteiger partial charge in [0, 0.05) is 13.0 Å². The van der Waals surface area contributed by atoms with Crippen LogP contribution in [0.4, 0.5) is 10.1 Å². The van der Waals surface area contributed by atoms with Crippen molar-refractivity contribution in [2.24, 2.45) is 5.84 Å². The molecule has 1 aromatic carbocycles. The molecule has 1 aliphatic rings. The summed E-state index contributed by atoms with van der Waals surface area (Å²) < 4.78 is 13.8. The second-order valence-electron chi connectivity index (χ2n) is 4.45. The highest BCUT2D eigenvalue weighted by Gasteiger charge is 2.37. The highest BCUT2D eigenvalue weighted by atomic mass is 19.1. The largest absolute Gasteiger partial charge is 0.302 e. The van der Waals surface area contributed by atoms with Crippen LogP contribution in [0.15, 0.2) is 18.2 Å². The van der Waals surface area contributed by atoms with Crippen LogP contribution in [0.5, 0.6) is 0 Å². The van der Waals surface area contributed by atoms with Crippen LogP contribution in [-0.2, 0) is 9.59 Å². The van der Waals surface area contributed by atoms with Crippen LogP contribution < -0.4 is 16.2 Å². The van der Waals surface area contributed by atoms with Gasteiger partial charge in [-0.1, -0.05) is 6.07 Å². The Morgan fingerprint density at radius 3 is 2.75 bits per heavy atom. The van der Waals surface area contributed by atoms with E-state index in [-0.39, 0.29) is 30.1 Å². The van der Waals surface area contributed by atoms with E-state index in [4.69, 9.17) is 5.84 Å². The molecule has 0 unspecified atom stereocenters. The summed E-state index contributed by atoms with van der Waals surface area (Å²) in [6.07, 6.45) is 1.18. The number of para-hydroxylation sites is 1. The zero-order valence-electron chi connectivity index (χ0n) is 10.7. The highest BCUT2D eigenvalue weighted by Crippen LogP contribution is 2.31. The third kappa shape index (κ3) is 2.53. The molecule has 0 fully saturated rings. The number of hydrogen-bond acceptors (Lipinski definition) is 4. The molecule has 7 heteroatoms. The number of hydrogen-bond donors (Lipinski definition) is 2. The molecule has 0 bridgehead atoms. The van der Waals surface area contributed by atoms with Gasteiger partial charge in [0.25, 0.3) is 11.7 Å². The quantitative estimate of drug-likeness (QED) is 0.270. The van der Waals surface area contributed by atoms with E-state index >= 15 is 0 Å². The smallest absolute Gasteiger partial charge is 0.299 e. The maximum absolute atomic E-state index is 13.8. The number of ketones is 1. The fraction of sp³-hybridized carbons (Fsp3) is 0.308. The molecule has 6 nitrogen and oxygen atoms in total. The molecular formula is C13H14FN3O3. The number of halogens is 1. The second-order valence-corrected chi connectivity index (χ2v) is 4.45. The van der Waals surface area contributed by atoms with Crippen molar-refractivity contribution in [2.45, 2.75) is 19.3 Å². The summed E-state index contributed by atoms with van der Waals surface area (Å²) >= 11 is 0. The topological polar surface area (TPSA) is 92.5 Å². The molecule has 1 aliphatic heterocycles. The Bertz CT molecular complexity index is 574. The van der Waals surface area contributed by atoms with Crippen LogP contribution in [0, 0.1) is 5.82 Å². The molecule has 106 valence electrons. The van der Waals surface area contributed by atoms with E-state index in [2.05, 4.69) is 0 Å². The van der Waals surface area contributed by atoms with Gasteiger partial charge in [0.15, 0.2) is 0 Å². The monoisotopic (exact) mass is 279 g/mol. The van der Waals surface area contributed by atoms with E-state index in [9.17, 15) is 18.8 Å². The third-order valence-electron chi connectivity index (χ3n) is 3.14. The lowest BCUT2D eigenvalue weighted by atomic mass is 10.1. The molecule has 0 radical (unpaired) electrons. The number of amides is 2. The van der Waals surface area contributed by atoms with Crippen molar-refractivity contribution < 1.29 is 18.8 Å². The van der Waals surface area contributed by atoms with Crippen LogP contribution in [0.2, 0.25) is 0 Å². The Morgan fingerprint density at radius 2 is 2.05 bits per heavy atom. The summed E-state index contributed by atoms with van der Waals surface area (Å²) in [6, 6.07) is 4.04. The van der Waals surface area contributed by atoms with Gasteiger partial charge in [-0.15, -0.1) is 0 Å². The van der Waals surface area contributed by atoms with Crippen molar-refractivity contribution >= 4 is 23.3 Å². The molecule has 1 aromatic rings. The number of unbranched alkanes of at least 4 members (excludes halogenated alkanes) is 1. The first-order valence-electron chi connectivity index (χ1n) is 6.20. The number of rotatable bonds is 5. The molecule has 0 spiro atoms. The maximum atomic E-state index is 13.8. The van der Waals surface area contributed by atoms with E-state index in [1.807, 2.05) is 5.43 Å². The normalized spacial score (nSPS) is 13.6. The number of hydrazine groups is 1. The summed E-state index contributed by atoms with van der Waals surface area (Å²) in [6.45, 7) is 0.191. The lowest BCUT2D eigenvalue weighted by Crippen LogP contribution is -2.32. The molecule has 1 heterocycles. The Labute approximate surface area is 114 Å². The molecule has 0 aromatic heterocycles. The number of nitrogens with one attached hydrogen (secondary N) is 1. The van der Waals surface area contributed by atoms with E-state index < -0.39 is 17.5 Å². The van der Waals surface area contributed by atoms with Crippen LogP contribution in [0.1, 0.15) is 29.6 Å². The average molecular weight is 279 g/mol. The Balaban J connectivity index is 2.05. The number of fused-ring (bicyclic) bond motifs is 1. The Kier molecular flexibility index (Phi) is 4.09. The predicted molar refractivity (Wildman–Crippen MR) is 69.3 cm³/mol. The number of Topliss-reactive ketones (excluding diaryl/α,β-unsaturated/α-hetero) is 1. The summed E-state index contributed by atoms with van der Waals surface area (Å²) in [5.41, 5.74) is 2.13. The summed E-state index contributed by atoms with van der Waals surface area (Å²) in [5, 5.41) is 0. The number of carbonyl (C=O) groups is 3. The highest BCUT2D eigenvalue weighted by molar-refractivity contribution is 6.52. The van der Waals surface area contributed by atoms with Crippen LogP contribution in [0.25, 0.3) is 0 Å². The van der Waals surface area contributed by atoms with Crippen LogP contribution in [-0.4, -0.2) is 24.1 Å². The van der Waals surface area contributed by atoms with E-state index in [1.165, 1.54) is 18.2 Å². The average Bonchev–Trinajstić information content (AvgIpc) is 2.69. The summed E-state index contributed by atoms with van der Waals surface area (Å²) in [7, 11) is 0. The van der Waals surface area contributed by atoms with Crippen molar-refractivity contribution in [3.63, 3.8) is 0 Å². The van der Waals surface area contributed by atoms with Crippen molar-refractivity contribution in [1.29, 1.82) is 0 Å². The minimum atomic E-state index is -0.728. The fourth-order valence-corrected chi connectivity index (χ4v) is 2.15. The van der Waals surface area contributed by atoms with Gasteiger partial charge in [-0.05, 0) is 25.0 Å². The number of nitrogens with two attached hydrogens (primary N) is 1.